The van der Waals surface area contributed by atoms with Crippen molar-refractivity contribution in [3.05, 3.63) is 65.2 Å². The zero-order chi connectivity index (χ0) is 20.1. The number of hydrogen-bond acceptors (Lipinski definition) is 5. The van der Waals surface area contributed by atoms with Gasteiger partial charge in [-0.2, -0.15) is 9.41 Å². The number of rotatable bonds is 5. The van der Waals surface area contributed by atoms with E-state index in [4.69, 9.17) is 4.74 Å². The van der Waals surface area contributed by atoms with E-state index in [-0.39, 0.29) is 23.5 Å². The van der Waals surface area contributed by atoms with Crippen LogP contribution in [-0.2, 0) is 14.8 Å². The maximum Gasteiger partial charge on any atom is 0.271 e. The van der Waals surface area contributed by atoms with Crippen LogP contribution >= 0.6 is 0 Å². The van der Waals surface area contributed by atoms with E-state index in [0.717, 1.165) is 18.3 Å². The lowest BCUT2D eigenvalue weighted by atomic mass is 10.2. The number of nitrogens with one attached hydrogen (secondary N) is 1. The summed E-state index contributed by atoms with van der Waals surface area (Å²) in [7, 11) is -3.76. The van der Waals surface area contributed by atoms with Crippen LogP contribution in [0.3, 0.4) is 0 Å². The molecule has 0 atom stereocenters. The minimum Gasteiger partial charge on any atom is -0.379 e. The Hall–Kier alpha value is -2.69. The van der Waals surface area contributed by atoms with Crippen LogP contribution in [0.1, 0.15) is 15.9 Å². The van der Waals surface area contributed by atoms with Crippen molar-refractivity contribution in [3.63, 3.8) is 0 Å². The summed E-state index contributed by atoms with van der Waals surface area (Å²) in [5, 5.41) is 3.54. The summed E-state index contributed by atoms with van der Waals surface area (Å²) < 4.78 is 58.8. The first kappa shape index (κ1) is 20.1. The molecular formula is C18H17F2N3O4S. The molecule has 28 heavy (non-hydrogen) atoms. The lowest BCUT2D eigenvalue weighted by molar-refractivity contribution is 0.0730. The van der Waals surface area contributed by atoms with Crippen LogP contribution in [0.4, 0.5) is 8.78 Å². The minimum atomic E-state index is -3.76. The topological polar surface area (TPSA) is 88.1 Å². The second kappa shape index (κ2) is 8.55. The first-order valence-corrected chi connectivity index (χ1v) is 9.79. The maximum absolute atomic E-state index is 13.5. The molecule has 148 valence electrons. The van der Waals surface area contributed by atoms with Crippen molar-refractivity contribution in [3.8, 4) is 0 Å². The number of sulfonamides is 1. The van der Waals surface area contributed by atoms with Crippen LogP contribution in [0, 0.1) is 11.6 Å². The van der Waals surface area contributed by atoms with Crippen LogP contribution in [0.25, 0.3) is 0 Å². The van der Waals surface area contributed by atoms with E-state index in [1.807, 2.05) is 0 Å². The van der Waals surface area contributed by atoms with Crippen molar-refractivity contribution in [2.45, 2.75) is 4.90 Å². The van der Waals surface area contributed by atoms with Crippen LogP contribution in [0.15, 0.2) is 52.5 Å². The molecule has 1 aliphatic rings. The van der Waals surface area contributed by atoms with Gasteiger partial charge in [-0.3, -0.25) is 4.79 Å². The number of amides is 1. The molecule has 1 fully saturated rings. The van der Waals surface area contributed by atoms with Crippen LogP contribution in [0.5, 0.6) is 0 Å². The smallest absolute Gasteiger partial charge is 0.271 e. The van der Waals surface area contributed by atoms with Gasteiger partial charge in [0.25, 0.3) is 5.91 Å². The Morgan fingerprint density at radius 1 is 1.11 bits per heavy atom. The normalized spacial score (nSPS) is 15.6. The molecule has 0 aromatic heterocycles. The molecule has 1 amide bonds. The first-order chi connectivity index (χ1) is 13.4. The Bertz CT molecular complexity index is 985. The summed E-state index contributed by atoms with van der Waals surface area (Å²) in [6.45, 7) is 1.08. The third kappa shape index (κ3) is 4.41. The molecule has 0 radical (unpaired) electrons. The summed E-state index contributed by atoms with van der Waals surface area (Å²) in [6.07, 6.45) is 0.844. The SMILES string of the molecule is O=C(NN=Cc1c(F)cccc1F)c1cccc(S(=O)(=O)N2CCOCC2)c1. The van der Waals surface area contributed by atoms with Gasteiger partial charge in [0.15, 0.2) is 0 Å². The molecule has 0 saturated carbocycles. The van der Waals surface area contributed by atoms with Crippen molar-refractivity contribution in [1.82, 2.24) is 9.73 Å². The van der Waals surface area contributed by atoms with E-state index in [9.17, 15) is 22.0 Å². The van der Waals surface area contributed by atoms with Gasteiger partial charge in [0.05, 0.1) is 29.9 Å². The van der Waals surface area contributed by atoms with Gasteiger partial charge in [0.1, 0.15) is 11.6 Å². The molecule has 1 N–H and O–H groups in total. The van der Waals surface area contributed by atoms with Crippen molar-refractivity contribution < 1.29 is 26.7 Å². The zero-order valence-corrected chi connectivity index (χ0v) is 15.5. The lowest BCUT2D eigenvalue weighted by Crippen LogP contribution is -2.40. The number of hydrazone groups is 1. The monoisotopic (exact) mass is 409 g/mol. The molecule has 2 aromatic carbocycles. The molecule has 0 bridgehead atoms. The Morgan fingerprint density at radius 3 is 2.43 bits per heavy atom. The van der Waals surface area contributed by atoms with E-state index >= 15 is 0 Å². The van der Waals surface area contributed by atoms with Crippen molar-refractivity contribution in [2.24, 2.45) is 5.10 Å². The highest BCUT2D eigenvalue weighted by atomic mass is 32.2. The fourth-order valence-corrected chi connectivity index (χ4v) is 4.04. The standard InChI is InChI=1S/C18H17F2N3O4S/c19-16-5-2-6-17(20)15(16)12-21-22-18(24)13-3-1-4-14(11-13)28(25,26)23-7-9-27-10-8-23/h1-6,11-12H,7-10H2,(H,22,24). The highest BCUT2D eigenvalue weighted by Gasteiger charge is 2.26. The zero-order valence-electron chi connectivity index (χ0n) is 14.6. The molecule has 0 unspecified atom stereocenters. The Labute approximate surface area is 160 Å². The lowest BCUT2D eigenvalue weighted by Gasteiger charge is -2.26. The summed E-state index contributed by atoms with van der Waals surface area (Å²) >= 11 is 0. The number of morpholine rings is 1. The molecule has 0 spiro atoms. The average Bonchev–Trinajstić information content (AvgIpc) is 2.71. The summed E-state index contributed by atoms with van der Waals surface area (Å²) in [5.74, 6) is -2.36. The average molecular weight is 409 g/mol. The highest BCUT2D eigenvalue weighted by molar-refractivity contribution is 7.89. The molecule has 10 heteroatoms. The largest absolute Gasteiger partial charge is 0.379 e. The van der Waals surface area contributed by atoms with Gasteiger partial charge >= 0.3 is 0 Å². The number of hydrogen-bond donors (Lipinski definition) is 1. The predicted octanol–water partition coefficient (Wildman–Crippen LogP) is 1.75. The Balaban J connectivity index is 1.74. The molecule has 0 aliphatic carbocycles. The number of benzene rings is 2. The second-order valence-corrected chi connectivity index (χ2v) is 7.82. The van der Waals surface area contributed by atoms with E-state index < -0.39 is 33.1 Å². The Morgan fingerprint density at radius 2 is 1.75 bits per heavy atom. The molecule has 2 aromatic rings. The van der Waals surface area contributed by atoms with Gasteiger partial charge in [-0.1, -0.05) is 12.1 Å². The number of carbonyl (C=O) groups is 1. The molecule has 7 nitrogen and oxygen atoms in total. The highest BCUT2D eigenvalue weighted by Crippen LogP contribution is 2.18. The van der Waals surface area contributed by atoms with Crippen molar-refractivity contribution >= 4 is 22.1 Å². The molecule has 1 aliphatic heterocycles. The van der Waals surface area contributed by atoms with Gasteiger partial charge in [0.2, 0.25) is 10.0 Å². The third-order valence-corrected chi connectivity index (χ3v) is 5.96. The van der Waals surface area contributed by atoms with Crippen LogP contribution in [-0.4, -0.2) is 51.1 Å². The molecular weight excluding hydrogens is 392 g/mol. The summed E-state index contributed by atoms with van der Waals surface area (Å²) in [6, 6.07) is 8.79. The number of halogens is 2. The van der Waals surface area contributed by atoms with Crippen molar-refractivity contribution in [2.75, 3.05) is 26.3 Å². The number of carbonyl (C=O) groups excluding carboxylic acids is 1. The second-order valence-electron chi connectivity index (χ2n) is 5.88. The number of nitrogens with zero attached hydrogens (tertiary/aromatic N) is 2. The maximum atomic E-state index is 13.5. The van der Waals surface area contributed by atoms with Gasteiger partial charge < -0.3 is 4.74 Å². The fraction of sp³-hybridized carbons (Fsp3) is 0.222. The Kier molecular flexibility index (Phi) is 6.12. The van der Waals surface area contributed by atoms with E-state index in [1.54, 1.807) is 0 Å². The van der Waals surface area contributed by atoms with Crippen LogP contribution in [0.2, 0.25) is 0 Å². The summed E-state index contributed by atoms with van der Waals surface area (Å²) in [5.41, 5.74) is 1.77. The fourth-order valence-electron chi connectivity index (χ4n) is 2.59. The quantitative estimate of drug-likeness (QED) is 0.602. The summed E-state index contributed by atoms with van der Waals surface area (Å²) in [4.78, 5) is 12.2. The van der Waals surface area contributed by atoms with Gasteiger partial charge in [-0.25, -0.2) is 22.6 Å². The van der Waals surface area contributed by atoms with Gasteiger partial charge in [0, 0.05) is 18.7 Å². The van der Waals surface area contributed by atoms with E-state index in [2.05, 4.69) is 10.5 Å². The van der Waals surface area contributed by atoms with Gasteiger partial charge in [-0.05, 0) is 30.3 Å². The first-order valence-electron chi connectivity index (χ1n) is 8.35. The predicted molar refractivity (Wildman–Crippen MR) is 97.4 cm³/mol. The van der Waals surface area contributed by atoms with E-state index in [0.29, 0.717) is 13.2 Å². The van der Waals surface area contributed by atoms with Crippen LogP contribution < -0.4 is 5.43 Å². The minimum absolute atomic E-state index is 0.0359. The number of ether oxygens (including phenoxy) is 1. The molecule has 1 saturated heterocycles. The van der Waals surface area contributed by atoms with Crippen molar-refractivity contribution in [1.29, 1.82) is 0 Å². The molecule has 1 heterocycles. The third-order valence-electron chi connectivity index (χ3n) is 4.06. The van der Waals surface area contributed by atoms with Gasteiger partial charge in [-0.15, -0.1) is 0 Å². The molecule has 3 rings (SSSR count). The van der Waals surface area contributed by atoms with E-state index in [1.165, 1.54) is 34.6 Å².